The largest absolute Gasteiger partial charge is 0.495 e. The average Bonchev–Trinajstić information content (AvgIpc) is 2.79. The summed E-state index contributed by atoms with van der Waals surface area (Å²) >= 11 is 0. The molecule has 0 aromatic heterocycles. The van der Waals surface area contributed by atoms with Crippen LogP contribution in [0.5, 0.6) is 5.75 Å². The molecule has 0 aliphatic carbocycles. The molecule has 1 fully saturated rings. The van der Waals surface area contributed by atoms with Crippen molar-refractivity contribution in [2.45, 2.75) is 44.6 Å². The molecule has 19 heavy (non-hydrogen) atoms. The van der Waals surface area contributed by atoms with E-state index in [9.17, 15) is 8.42 Å². The normalized spacial score (nSPS) is 20.7. The fraction of sp³-hybridized carbons (Fsp3) is 0.571. The van der Waals surface area contributed by atoms with Crippen LogP contribution in [0, 0.1) is 13.8 Å². The maximum atomic E-state index is 12.7. The van der Waals surface area contributed by atoms with Crippen molar-refractivity contribution < 1.29 is 13.2 Å². The molecule has 1 atom stereocenters. The zero-order valence-corrected chi connectivity index (χ0v) is 12.8. The van der Waals surface area contributed by atoms with Crippen LogP contribution in [-0.4, -0.2) is 32.4 Å². The molecular weight excluding hydrogens is 262 g/mol. The fourth-order valence-corrected chi connectivity index (χ4v) is 4.44. The summed E-state index contributed by atoms with van der Waals surface area (Å²) in [5.74, 6) is 0.433. The summed E-state index contributed by atoms with van der Waals surface area (Å²) in [4.78, 5) is 0.284. The van der Waals surface area contributed by atoms with Gasteiger partial charge in [0, 0.05) is 12.6 Å². The minimum atomic E-state index is -3.46. The third-order valence-corrected chi connectivity index (χ3v) is 5.89. The fourth-order valence-electron chi connectivity index (χ4n) is 2.51. The number of sulfonamides is 1. The summed E-state index contributed by atoms with van der Waals surface area (Å²) < 4.78 is 32.3. The van der Waals surface area contributed by atoms with E-state index in [1.807, 2.05) is 20.8 Å². The first-order valence-corrected chi connectivity index (χ1v) is 7.99. The second-order valence-corrected chi connectivity index (χ2v) is 7.05. The van der Waals surface area contributed by atoms with Crippen LogP contribution in [0.25, 0.3) is 0 Å². The zero-order chi connectivity index (χ0) is 14.2. The monoisotopic (exact) mass is 283 g/mol. The molecule has 1 aliphatic rings. The lowest BCUT2D eigenvalue weighted by Crippen LogP contribution is -2.34. The smallest absolute Gasteiger partial charge is 0.247 e. The molecule has 2 rings (SSSR count). The summed E-state index contributed by atoms with van der Waals surface area (Å²) in [5, 5.41) is 0. The van der Waals surface area contributed by atoms with Crippen LogP contribution in [0.15, 0.2) is 17.0 Å². The highest BCUT2D eigenvalue weighted by Gasteiger charge is 2.34. The maximum Gasteiger partial charge on any atom is 0.247 e. The van der Waals surface area contributed by atoms with E-state index in [0.717, 1.165) is 24.0 Å². The van der Waals surface area contributed by atoms with Crippen molar-refractivity contribution in [1.29, 1.82) is 0 Å². The Morgan fingerprint density at radius 3 is 2.42 bits per heavy atom. The van der Waals surface area contributed by atoms with E-state index in [2.05, 4.69) is 0 Å². The van der Waals surface area contributed by atoms with Crippen molar-refractivity contribution in [3.63, 3.8) is 0 Å². The third kappa shape index (κ3) is 2.49. The Hall–Kier alpha value is -1.07. The summed E-state index contributed by atoms with van der Waals surface area (Å²) in [5.41, 5.74) is 2.00. The molecule has 0 spiro atoms. The number of aryl methyl sites for hydroxylation is 2. The minimum absolute atomic E-state index is 0.0660. The van der Waals surface area contributed by atoms with Gasteiger partial charge in [0.2, 0.25) is 10.0 Å². The Labute approximate surface area is 115 Å². The van der Waals surface area contributed by atoms with Gasteiger partial charge in [0.25, 0.3) is 0 Å². The van der Waals surface area contributed by atoms with Crippen LogP contribution in [-0.2, 0) is 10.0 Å². The standard InChI is InChI=1S/C14H21NO3S/c1-10-8-13(18-4)14(9-11(10)2)19(16,17)15-7-5-6-12(15)3/h8-9,12H,5-7H2,1-4H3. The predicted octanol–water partition coefficient (Wildman–Crippen LogP) is 2.49. The van der Waals surface area contributed by atoms with Gasteiger partial charge in [0.1, 0.15) is 10.6 Å². The predicted molar refractivity (Wildman–Crippen MR) is 75.1 cm³/mol. The average molecular weight is 283 g/mol. The summed E-state index contributed by atoms with van der Waals surface area (Å²) in [6.45, 7) is 6.42. The van der Waals surface area contributed by atoms with E-state index in [-0.39, 0.29) is 10.9 Å². The van der Waals surface area contributed by atoms with Gasteiger partial charge in [0.15, 0.2) is 0 Å². The SMILES string of the molecule is COc1cc(C)c(C)cc1S(=O)(=O)N1CCCC1C. The third-order valence-electron chi connectivity index (χ3n) is 3.86. The summed E-state index contributed by atoms with van der Waals surface area (Å²) in [6, 6.07) is 3.58. The van der Waals surface area contributed by atoms with Gasteiger partial charge in [-0.15, -0.1) is 0 Å². The van der Waals surface area contributed by atoms with Gasteiger partial charge in [-0.2, -0.15) is 4.31 Å². The van der Waals surface area contributed by atoms with E-state index in [0.29, 0.717) is 12.3 Å². The van der Waals surface area contributed by atoms with Gasteiger partial charge in [-0.1, -0.05) is 0 Å². The second kappa shape index (κ2) is 5.13. The number of rotatable bonds is 3. The topological polar surface area (TPSA) is 46.6 Å². The first kappa shape index (κ1) is 14.3. The molecule has 1 heterocycles. The second-order valence-electron chi connectivity index (χ2n) is 5.19. The van der Waals surface area contributed by atoms with E-state index in [1.54, 1.807) is 16.4 Å². The Bertz CT molecular complexity index is 581. The highest BCUT2D eigenvalue weighted by molar-refractivity contribution is 7.89. The molecule has 1 saturated heterocycles. The molecule has 0 amide bonds. The van der Waals surface area contributed by atoms with Gasteiger partial charge in [-0.05, 0) is 56.9 Å². The maximum absolute atomic E-state index is 12.7. The molecule has 1 aliphatic heterocycles. The Morgan fingerprint density at radius 2 is 1.89 bits per heavy atom. The van der Waals surface area contributed by atoms with Crippen LogP contribution in [0.2, 0.25) is 0 Å². The lowest BCUT2D eigenvalue weighted by molar-refractivity contribution is 0.386. The van der Waals surface area contributed by atoms with Crippen molar-refractivity contribution in [2.75, 3.05) is 13.7 Å². The van der Waals surface area contributed by atoms with E-state index >= 15 is 0 Å². The van der Waals surface area contributed by atoms with Crippen LogP contribution < -0.4 is 4.74 Å². The first-order chi connectivity index (χ1) is 8.87. The number of methoxy groups -OCH3 is 1. The Morgan fingerprint density at radius 1 is 1.26 bits per heavy atom. The summed E-state index contributed by atoms with van der Waals surface area (Å²) in [6.07, 6.45) is 1.85. The van der Waals surface area contributed by atoms with Crippen LogP contribution >= 0.6 is 0 Å². The first-order valence-electron chi connectivity index (χ1n) is 6.55. The molecule has 0 N–H and O–H groups in total. The minimum Gasteiger partial charge on any atom is -0.495 e. The van der Waals surface area contributed by atoms with E-state index in [4.69, 9.17) is 4.74 Å². The van der Waals surface area contributed by atoms with Gasteiger partial charge in [0.05, 0.1) is 7.11 Å². The van der Waals surface area contributed by atoms with Crippen molar-refractivity contribution in [3.8, 4) is 5.75 Å². The van der Waals surface area contributed by atoms with Crippen LogP contribution in [0.3, 0.4) is 0 Å². The van der Waals surface area contributed by atoms with Gasteiger partial charge in [-0.25, -0.2) is 8.42 Å². The van der Waals surface area contributed by atoms with Crippen molar-refractivity contribution in [2.24, 2.45) is 0 Å². The quantitative estimate of drug-likeness (QED) is 0.856. The molecule has 0 bridgehead atoms. The molecule has 1 aromatic rings. The lowest BCUT2D eigenvalue weighted by atomic mass is 10.1. The number of hydrogen-bond acceptors (Lipinski definition) is 3. The van der Waals surface area contributed by atoms with Crippen molar-refractivity contribution >= 4 is 10.0 Å². The highest BCUT2D eigenvalue weighted by atomic mass is 32.2. The van der Waals surface area contributed by atoms with Gasteiger partial charge >= 0.3 is 0 Å². The zero-order valence-electron chi connectivity index (χ0n) is 11.9. The highest BCUT2D eigenvalue weighted by Crippen LogP contribution is 2.33. The number of nitrogens with zero attached hydrogens (tertiary/aromatic N) is 1. The van der Waals surface area contributed by atoms with E-state index < -0.39 is 10.0 Å². The van der Waals surface area contributed by atoms with Gasteiger partial charge < -0.3 is 4.74 Å². The molecule has 0 radical (unpaired) electrons. The van der Waals surface area contributed by atoms with Crippen molar-refractivity contribution in [1.82, 2.24) is 4.31 Å². The number of hydrogen-bond donors (Lipinski definition) is 0. The molecular formula is C14H21NO3S. The molecule has 1 aromatic carbocycles. The van der Waals surface area contributed by atoms with E-state index in [1.165, 1.54) is 7.11 Å². The number of benzene rings is 1. The van der Waals surface area contributed by atoms with Crippen molar-refractivity contribution in [3.05, 3.63) is 23.3 Å². The Balaban J connectivity index is 2.54. The molecule has 4 nitrogen and oxygen atoms in total. The molecule has 0 saturated carbocycles. The molecule has 106 valence electrons. The Kier molecular flexibility index (Phi) is 3.87. The number of ether oxygens (including phenoxy) is 1. The van der Waals surface area contributed by atoms with Crippen LogP contribution in [0.1, 0.15) is 30.9 Å². The summed E-state index contributed by atoms with van der Waals surface area (Å²) in [7, 11) is -1.95. The molecule has 5 heteroatoms. The molecule has 1 unspecified atom stereocenters. The van der Waals surface area contributed by atoms with Gasteiger partial charge in [-0.3, -0.25) is 0 Å². The van der Waals surface area contributed by atoms with Crippen LogP contribution in [0.4, 0.5) is 0 Å². The lowest BCUT2D eigenvalue weighted by Gasteiger charge is -2.22.